The summed E-state index contributed by atoms with van der Waals surface area (Å²) in [6.07, 6.45) is 2.48. The first kappa shape index (κ1) is 12.2. The topological polar surface area (TPSA) is 50.5 Å². The third kappa shape index (κ3) is 1.83. The van der Waals surface area contributed by atoms with Crippen molar-refractivity contribution < 1.29 is 9.21 Å². The van der Waals surface area contributed by atoms with Crippen LogP contribution in [0.4, 0.5) is 5.69 Å². The minimum Gasteiger partial charge on any atom is -0.422 e. The Kier molecular flexibility index (Phi) is 2.82. The lowest BCUT2D eigenvalue weighted by atomic mass is 9.99. The molecule has 0 saturated heterocycles. The smallest absolute Gasteiger partial charge is 0.348 e. The van der Waals surface area contributed by atoms with Gasteiger partial charge in [0.25, 0.3) is 0 Å². The molecule has 4 nitrogen and oxygen atoms in total. The number of aldehydes is 1. The van der Waals surface area contributed by atoms with E-state index < -0.39 is 5.63 Å². The van der Waals surface area contributed by atoms with Crippen molar-refractivity contribution in [3.8, 4) is 0 Å². The number of nitrogens with zero attached hydrogens (tertiary/aromatic N) is 1. The molecule has 0 atom stereocenters. The van der Waals surface area contributed by atoms with Gasteiger partial charge in [0.1, 0.15) is 11.1 Å². The molecule has 1 aliphatic heterocycles. The molecule has 0 fully saturated rings. The number of carbonyl (C=O) groups is 1. The second-order valence-electron chi connectivity index (χ2n) is 4.74. The first-order valence-corrected chi connectivity index (χ1v) is 6.45. The quantitative estimate of drug-likeness (QED) is 0.594. The summed E-state index contributed by atoms with van der Waals surface area (Å²) in [6, 6.07) is 3.74. The van der Waals surface area contributed by atoms with E-state index in [1.54, 1.807) is 0 Å². The Balaban J connectivity index is 2.37. The van der Waals surface area contributed by atoms with Crippen molar-refractivity contribution in [1.29, 1.82) is 0 Å². The molecule has 0 N–H and O–H groups in total. The van der Waals surface area contributed by atoms with Gasteiger partial charge >= 0.3 is 5.63 Å². The number of aryl methyl sites for hydroxylation is 1. The Labute approximate surface area is 114 Å². The minimum absolute atomic E-state index is 0.113. The number of benzene rings is 1. The molecule has 1 aliphatic rings. The van der Waals surface area contributed by atoms with Gasteiger partial charge in [-0.25, -0.2) is 4.79 Å². The van der Waals surface area contributed by atoms with Crippen molar-refractivity contribution in [3.05, 3.63) is 38.7 Å². The van der Waals surface area contributed by atoms with E-state index in [-0.39, 0.29) is 10.6 Å². The first-order valence-electron chi connectivity index (χ1n) is 6.07. The highest BCUT2D eigenvalue weighted by atomic mass is 35.5. The van der Waals surface area contributed by atoms with Gasteiger partial charge in [-0.15, -0.1) is 0 Å². The van der Waals surface area contributed by atoms with Crippen LogP contribution in [0, 0.1) is 0 Å². The van der Waals surface area contributed by atoms with E-state index >= 15 is 0 Å². The number of anilines is 1. The monoisotopic (exact) mass is 277 g/mol. The van der Waals surface area contributed by atoms with E-state index in [1.807, 2.05) is 19.2 Å². The zero-order valence-corrected chi connectivity index (χ0v) is 11.2. The van der Waals surface area contributed by atoms with Crippen molar-refractivity contribution >= 4 is 34.5 Å². The lowest BCUT2D eigenvalue weighted by Gasteiger charge is -2.27. The molecule has 1 aromatic carbocycles. The summed E-state index contributed by atoms with van der Waals surface area (Å²) in [7, 11) is 2.00. The molecule has 19 heavy (non-hydrogen) atoms. The first-order chi connectivity index (χ1) is 9.11. The largest absolute Gasteiger partial charge is 0.422 e. The molecule has 2 aromatic rings. The third-order valence-electron chi connectivity index (χ3n) is 3.55. The van der Waals surface area contributed by atoms with Gasteiger partial charge in [0.05, 0.1) is 5.02 Å². The summed E-state index contributed by atoms with van der Waals surface area (Å²) in [5, 5.41) is 0.801. The van der Waals surface area contributed by atoms with Gasteiger partial charge in [0, 0.05) is 30.7 Å². The van der Waals surface area contributed by atoms with Crippen molar-refractivity contribution in [3.63, 3.8) is 0 Å². The van der Waals surface area contributed by atoms with Gasteiger partial charge in [0.15, 0.2) is 6.29 Å². The number of rotatable bonds is 1. The van der Waals surface area contributed by atoms with Crippen molar-refractivity contribution in [2.45, 2.75) is 12.8 Å². The molecule has 0 saturated carbocycles. The lowest BCUT2D eigenvalue weighted by Crippen LogP contribution is -2.24. The van der Waals surface area contributed by atoms with Gasteiger partial charge in [-0.2, -0.15) is 0 Å². The van der Waals surface area contributed by atoms with Crippen molar-refractivity contribution in [2.75, 3.05) is 18.5 Å². The maximum atomic E-state index is 11.6. The fourth-order valence-corrected chi connectivity index (χ4v) is 2.81. The van der Waals surface area contributed by atoms with Crippen molar-refractivity contribution in [2.24, 2.45) is 0 Å². The Morgan fingerprint density at radius 3 is 2.95 bits per heavy atom. The molecule has 5 heteroatoms. The van der Waals surface area contributed by atoms with Crippen LogP contribution in [-0.2, 0) is 6.42 Å². The molecule has 0 amide bonds. The number of halogens is 1. The summed E-state index contributed by atoms with van der Waals surface area (Å²) >= 11 is 6.12. The number of fused-ring (bicyclic) bond motifs is 2. The van der Waals surface area contributed by atoms with E-state index in [0.717, 1.165) is 30.6 Å². The van der Waals surface area contributed by atoms with Crippen LogP contribution in [0.3, 0.4) is 0 Å². The van der Waals surface area contributed by atoms with Gasteiger partial charge in [-0.05, 0) is 24.5 Å². The van der Waals surface area contributed by atoms with Gasteiger partial charge in [0.2, 0.25) is 0 Å². The van der Waals surface area contributed by atoms with Crippen LogP contribution in [0.25, 0.3) is 11.0 Å². The minimum atomic E-state index is -0.689. The summed E-state index contributed by atoms with van der Waals surface area (Å²) in [6.45, 7) is 0.975. The van der Waals surface area contributed by atoms with Crippen LogP contribution in [0.15, 0.2) is 21.3 Å². The maximum absolute atomic E-state index is 11.6. The maximum Gasteiger partial charge on any atom is 0.348 e. The van der Waals surface area contributed by atoms with E-state index in [9.17, 15) is 9.59 Å². The predicted octanol–water partition coefficient (Wildman–Crippen LogP) is 2.64. The predicted molar refractivity (Wildman–Crippen MR) is 74.5 cm³/mol. The zero-order chi connectivity index (χ0) is 13.6. The van der Waals surface area contributed by atoms with E-state index in [1.165, 1.54) is 0 Å². The van der Waals surface area contributed by atoms with Crippen LogP contribution >= 0.6 is 11.6 Å². The van der Waals surface area contributed by atoms with E-state index in [0.29, 0.717) is 17.3 Å². The molecule has 98 valence electrons. The SMILES string of the molecule is CN1CCCc2cc3c(Cl)c(C=O)c(=O)oc3cc21. The standard InChI is InChI=1S/C14H12ClNO3/c1-16-4-2-3-8-5-9-12(6-11(8)16)19-14(18)10(7-17)13(9)15/h5-7H,2-4H2,1H3. The van der Waals surface area contributed by atoms with Crippen LogP contribution < -0.4 is 10.5 Å². The second kappa shape index (κ2) is 4.38. The molecule has 0 unspecified atom stereocenters. The molecule has 0 radical (unpaired) electrons. The number of hydrogen-bond donors (Lipinski definition) is 0. The molecule has 0 spiro atoms. The molecular formula is C14H12ClNO3. The average Bonchev–Trinajstić information content (AvgIpc) is 2.39. The summed E-state index contributed by atoms with van der Waals surface area (Å²) in [4.78, 5) is 24.6. The Morgan fingerprint density at radius 1 is 1.42 bits per heavy atom. The summed E-state index contributed by atoms with van der Waals surface area (Å²) < 4.78 is 5.18. The van der Waals surface area contributed by atoms with Crippen LogP contribution in [0.2, 0.25) is 5.02 Å². The number of hydrogen-bond acceptors (Lipinski definition) is 4. The van der Waals surface area contributed by atoms with E-state index in [4.69, 9.17) is 16.0 Å². The molecule has 1 aromatic heterocycles. The highest BCUT2D eigenvalue weighted by molar-refractivity contribution is 6.37. The Morgan fingerprint density at radius 2 is 2.21 bits per heavy atom. The normalized spacial score (nSPS) is 14.5. The average molecular weight is 278 g/mol. The highest BCUT2D eigenvalue weighted by Crippen LogP contribution is 2.33. The molecule has 0 aliphatic carbocycles. The van der Waals surface area contributed by atoms with E-state index in [2.05, 4.69) is 4.90 Å². The van der Waals surface area contributed by atoms with Gasteiger partial charge in [-0.3, -0.25) is 4.79 Å². The van der Waals surface area contributed by atoms with Crippen LogP contribution in [-0.4, -0.2) is 19.9 Å². The van der Waals surface area contributed by atoms with Gasteiger partial charge < -0.3 is 9.32 Å². The molecule has 2 heterocycles. The lowest BCUT2D eigenvalue weighted by molar-refractivity contribution is 0.112. The van der Waals surface area contributed by atoms with Crippen LogP contribution in [0.1, 0.15) is 22.3 Å². The zero-order valence-electron chi connectivity index (χ0n) is 10.4. The summed E-state index contributed by atoms with van der Waals surface area (Å²) in [5.74, 6) is 0. The second-order valence-corrected chi connectivity index (χ2v) is 5.12. The van der Waals surface area contributed by atoms with Crippen LogP contribution in [0.5, 0.6) is 0 Å². The Bertz CT molecular complexity index is 736. The summed E-state index contributed by atoms with van der Waals surface area (Å²) in [5.41, 5.74) is 1.84. The highest BCUT2D eigenvalue weighted by Gasteiger charge is 2.19. The molecular weight excluding hydrogens is 266 g/mol. The molecule has 0 bridgehead atoms. The van der Waals surface area contributed by atoms with Gasteiger partial charge in [-0.1, -0.05) is 11.6 Å². The fourth-order valence-electron chi connectivity index (χ4n) is 2.54. The third-order valence-corrected chi connectivity index (χ3v) is 3.95. The van der Waals surface area contributed by atoms with Crippen molar-refractivity contribution in [1.82, 2.24) is 0 Å². The fraction of sp³-hybridized carbons (Fsp3) is 0.286. The Hall–Kier alpha value is -1.81. The number of carbonyl (C=O) groups excluding carboxylic acids is 1. The molecule has 3 rings (SSSR count).